The van der Waals surface area contributed by atoms with E-state index in [1.165, 1.54) is 6.26 Å². The molecular formula is C11H14BrNO3. The molecule has 0 spiro atoms. The predicted molar refractivity (Wildman–Crippen MR) is 62.2 cm³/mol. The van der Waals surface area contributed by atoms with Gasteiger partial charge in [0, 0.05) is 12.6 Å². The van der Waals surface area contributed by atoms with Gasteiger partial charge in [-0.3, -0.25) is 4.79 Å². The number of aliphatic hydroxyl groups excluding tert-OH is 1. The Balaban J connectivity index is 2.13. The number of hydrogen-bond acceptors (Lipinski definition) is 3. The number of halogens is 1. The van der Waals surface area contributed by atoms with Crippen LogP contribution >= 0.6 is 15.9 Å². The van der Waals surface area contributed by atoms with Crippen LogP contribution in [0, 0.1) is 0 Å². The zero-order valence-corrected chi connectivity index (χ0v) is 10.4. The molecule has 1 amide bonds. The Labute approximate surface area is 102 Å². The highest BCUT2D eigenvalue weighted by Crippen LogP contribution is 2.28. The molecule has 88 valence electrons. The molecule has 1 heterocycles. The van der Waals surface area contributed by atoms with Crippen molar-refractivity contribution in [3.05, 3.63) is 22.6 Å². The quantitative estimate of drug-likeness (QED) is 0.922. The lowest BCUT2D eigenvalue weighted by molar-refractivity contribution is 0.0524. The fourth-order valence-electron chi connectivity index (χ4n) is 1.86. The van der Waals surface area contributed by atoms with Crippen LogP contribution in [-0.4, -0.2) is 35.1 Å². The first-order valence-electron chi connectivity index (χ1n) is 5.39. The van der Waals surface area contributed by atoms with Gasteiger partial charge in [0.05, 0.1) is 18.4 Å². The summed E-state index contributed by atoms with van der Waals surface area (Å²) in [5, 5.41) is 8.99. The second kappa shape index (κ2) is 5.01. The number of aliphatic hydroxyl groups is 1. The summed E-state index contributed by atoms with van der Waals surface area (Å²) in [6, 6.07) is 1.93. The molecule has 1 N–H and O–H groups in total. The Hall–Kier alpha value is -0.810. The average molecular weight is 288 g/mol. The van der Waals surface area contributed by atoms with E-state index in [1.54, 1.807) is 11.0 Å². The first-order chi connectivity index (χ1) is 7.74. The van der Waals surface area contributed by atoms with Crippen LogP contribution < -0.4 is 0 Å². The van der Waals surface area contributed by atoms with Crippen molar-refractivity contribution in [2.45, 2.75) is 25.3 Å². The Morgan fingerprint density at radius 1 is 1.62 bits per heavy atom. The zero-order chi connectivity index (χ0) is 11.5. The Morgan fingerprint density at radius 2 is 2.38 bits per heavy atom. The van der Waals surface area contributed by atoms with Crippen molar-refractivity contribution in [3.63, 3.8) is 0 Å². The van der Waals surface area contributed by atoms with E-state index in [0.717, 1.165) is 19.3 Å². The molecule has 1 saturated carbocycles. The highest BCUT2D eigenvalue weighted by atomic mass is 79.9. The van der Waals surface area contributed by atoms with Crippen molar-refractivity contribution in [2.24, 2.45) is 0 Å². The number of amides is 1. The molecule has 2 rings (SSSR count). The summed E-state index contributed by atoms with van der Waals surface area (Å²) >= 11 is 3.20. The number of hydrogen-bond donors (Lipinski definition) is 1. The summed E-state index contributed by atoms with van der Waals surface area (Å²) < 4.78 is 5.51. The van der Waals surface area contributed by atoms with E-state index < -0.39 is 0 Å². The maximum atomic E-state index is 12.2. The van der Waals surface area contributed by atoms with Gasteiger partial charge in [0.25, 0.3) is 5.91 Å². The van der Waals surface area contributed by atoms with Crippen LogP contribution in [0.25, 0.3) is 0 Å². The Bertz CT molecular complexity index is 373. The maximum Gasteiger partial charge on any atom is 0.258 e. The number of furan rings is 1. The highest BCUT2D eigenvalue weighted by molar-refractivity contribution is 9.10. The van der Waals surface area contributed by atoms with Gasteiger partial charge >= 0.3 is 0 Å². The second-order valence-electron chi connectivity index (χ2n) is 3.91. The molecule has 0 unspecified atom stereocenters. The van der Waals surface area contributed by atoms with Crippen molar-refractivity contribution < 1.29 is 14.3 Å². The molecule has 0 bridgehead atoms. The van der Waals surface area contributed by atoms with Crippen LogP contribution in [0.15, 0.2) is 21.4 Å². The van der Waals surface area contributed by atoms with Crippen LogP contribution in [0.1, 0.15) is 29.6 Å². The molecule has 16 heavy (non-hydrogen) atoms. The molecule has 0 atom stereocenters. The van der Waals surface area contributed by atoms with Crippen LogP contribution in [0.2, 0.25) is 0 Å². The minimum Gasteiger partial charge on any atom is -0.457 e. The summed E-state index contributed by atoms with van der Waals surface area (Å²) in [4.78, 5) is 13.9. The van der Waals surface area contributed by atoms with Crippen LogP contribution in [0.5, 0.6) is 0 Å². The topological polar surface area (TPSA) is 53.7 Å². The van der Waals surface area contributed by atoms with E-state index in [-0.39, 0.29) is 18.6 Å². The van der Waals surface area contributed by atoms with Crippen LogP contribution in [0.4, 0.5) is 0 Å². The minimum atomic E-state index is -0.0700. The Morgan fingerprint density at radius 3 is 2.81 bits per heavy atom. The monoisotopic (exact) mass is 287 g/mol. The van der Waals surface area contributed by atoms with Crippen LogP contribution in [-0.2, 0) is 0 Å². The molecule has 1 aromatic rings. The van der Waals surface area contributed by atoms with E-state index in [2.05, 4.69) is 15.9 Å². The minimum absolute atomic E-state index is 0.00227. The van der Waals surface area contributed by atoms with Crippen molar-refractivity contribution in [3.8, 4) is 0 Å². The van der Waals surface area contributed by atoms with Gasteiger partial charge < -0.3 is 14.4 Å². The Kier molecular flexibility index (Phi) is 3.66. The van der Waals surface area contributed by atoms with E-state index >= 15 is 0 Å². The van der Waals surface area contributed by atoms with E-state index in [0.29, 0.717) is 16.8 Å². The smallest absolute Gasteiger partial charge is 0.258 e. The number of nitrogens with zero attached hydrogens (tertiary/aromatic N) is 1. The number of carbonyl (C=O) groups excluding carboxylic acids is 1. The van der Waals surface area contributed by atoms with Crippen molar-refractivity contribution in [2.75, 3.05) is 13.2 Å². The van der Waals surface area contributed by atoms with E-state index in [4.69, 9.17) is 9.52 Å². The number of rotatable bonds is 4. The fraction of sp³-hybridized carbons (Fsp3) is 0.545. The first-order valence-corrected chi connectivity index (χ1v) is 6.18. The van der Waals surface area contributed by atoms with Crippen molar-refractivity contribution in [1.29, 1.82) is 0 Å². The van der Waals surface area contributed by atoms with Gasteiger partial charge in [-0.25, -0.2) is 0 Å². The molecule has 0 aromatic carbocycles. The molecule has 0 radical (unpaired) electrons. The van der Waals surface area contributed by atoms with Gasteiger partial charge in [-0.05, 0) is 41.3 Å². The van der Waals surface area contributed by atoms with Gasteiger partial charge in [-0.2, -0.15) is 0 Å². The molecule has 1 aliphatic carbocycles. The molecule has 0 saturated heterocycles. The molecule has 0 aliphatic heterocycles. The summed E-state index contributed by atoms with van der Waals surface area (Å²) in [5.74, 6) is -0.0700. The van der Waals surface area contributed by atoms with Gasteiger partial charge in [-0.1, -0.05) is 0 Å². The normalized spacial score (nSPS) is 15.9. The molecule has 1 aliphatic rings. The fourth-order valence-corrected chi connectivity index (χ4v) is 2.27. The molecule has 1 fully saturated rings. The lowest BCUT2D eigenvalue weighted by Gasteiger charge is -2.37. The third-order valence-electron chi connectivity index (χ3n) is 2.97. The standard InChI is InChI=1S/C11H14BrNO3/c12-10-9(4-7-16-10)11(15)13(5-6-14)8-2-1-3-8/h4,7-8,14H,1-3,5-6H2. The third-order valence-corrected chi connectivity index (χ3v) is 3.58. The van der Waals surface area contributed by atoms with Gasteiger partial charge in [0.15, 0.2) is 4.67 Å². The van der Waals surface area contributed by atoms with Gasteiger partial charge in [0.1, 0.15) is 0 Å². The lowest BCUT2D eigenvalue weighted by atomic mass is 9.91. The second-order valence-corrected chi connectivity index (χ2v) is 4.64. The van der Waals surface area contributed by atoms with Crippen molar-refractivity contribution in [1.82, 2.24) is 4.90 Å². The van der Waals surface area contributed by atoms with Gasteiger partial charge in [-0.15, -0.1) is 0 Å². The van der Waals surface area contributed by atoms with Crippen molar-refractivity contribution >= 4 is 21.8 Å². The maximum absolute atomic E-state index is 12.2. The van der Waals surface area contributed by atoms with E-state index in [1.807, 2.05) is 0 Å². The van der Waals surface area contributed by atoms with E-state index in [9.17, 15) is 4.79 Å². The lowest BCUT2D eigenvalue weighted by Crippen LogP contribution is -2.45. The van der Waals surface area contributed by atoms with Gasteiger partial charge in [0.2, 0.25) is 0 Å². The summed E-state index contributed by atoms with van der Waals surface area (Å²) in [6.45, 7) is 0.388. The largest absolute Gasteiger partial charge is 0.457 e. The SMILES string of the molecule is O=C(c1ccoc1Br)N(CCO)C1CCC1. The predicted octanol–water partition coefficient (Wildman–Crippen LogP) is 2.03. The summed E-state index contributed by atoms with van der Waals surface area (Å²) in [6.07, 6.45) is 4.70. The molecule has 1 aromatic heterocycles. The zero-order valence-electron chi connectivity index (χ0n) is 8.86. The highest BCUT2D eigenvalue weighted by Gasteiger charge is 2.30. The third kappa shape index (κ3) is 2.15. The van der Waals surface area contributed by atoms with Crippen LogP contribution in [0.3, 0.4) is 0 Å². The molecule has 4 nitrogen and oxygen atoms in total. The summed E-state index contributed by atoms with van der Waals surface area (Å²) in [5.41, 5.74) is 0.528. The molecular weight excluding hydrogens is 274 g/mol. The first kappa shape index (κ1) is 11.7. The molecule has 5 heteroatoms. The summed E-state index contributed by atoms with van der Waals surface area (Å²) in [7, 11) is 0. The average Bonchev–Trinajstić information content (AvgIpc) is 2.60. The number of carbonyl (C=O) groups is 1.